The van der Waals surface area contributed by atoms with Crippen LogP contribution in [0.15, 0.2) is 15.5 Å². The van der Waals surface area contributed by atoms with Gasteiger partial charge in [-0.3, -0.25) is 4.57 Å². The van der Waals surface area contributed by atoms with Crippen molar-refractivity contribution in [3.8, 4) is 0 Å². The Morgan fingerprint density at radius 1 is 1.40 bits per heavy atom. The number of rotatable bonds is 2. The molecule has 1 saturated heterocycles. The van der Waals surface area contributed by atoms with Crippen LogP contribution in [0.1, 0.15) is 6.23 Å². The third kappa shape index (κ3) is 1.78. The van der Waals surface area contributed by atoms with E-state index >= 15 is 0 Å². The summed E-state index contributed by atoms with van der Waals surface area (Å²) < 4.78 is 11.2. The molecule has 0 radical (unpaired) electrons. The Morgan fingerprint density at radius 2 is 2.15 bits per heavy atom. The Morgan fingerprint density at radius 3 is 2.80 bits per heavy atom. The molecule has 2 aromatic heterocycles. The van der Waals surface area contributed by atoms with Crippen LogP contribution in [-0.4, -0.2) is 54.8 Å². The fourth-order valence-corrected chi connectivity index (χ4v) is 2.18. The van der Waals surface area contributed by atoms with Gasteiger partial charge >= 0.3 is 5.63 Å². The van der Waals surface area contributed by atoms with E-state index in [0.717, 1.165) is 0 Å². The van der Waals surface area contributed by atoms with Gasteiger partial charge in [0, 0.05) is 0 Å². The number of aliphatic hydroxyl groups excluding tert-OH is 3. The SMILES string of the molecule is Nc1nc2c(ncn2[C@@H]2O[C@H](CO)C(O)C2O)c(=O)o1. The van der Waals surface area contributed by atoms with E-state index in [-0.39, 0.29) is 17.2 Å². The van der Waals surface area contributed by atoms with Gasteiger partial charge < -0.3 is 30.2 Å². The van der Waals surface area contributed by atoms with Gasteiger partial charge in [-0.2, -0.15) is 4.98 Å². The van der Waals surface area contributed by atoms with Crippen molar-refractivity contribution in [1.82, 2.24) is 14.5 Å². The molecule has 0 saturated carbocycles. The monoisotopic (exact) mass is 284 g/mol. The van der Waals surface area contributed by atoms with Crippen molar-refractivity contribution in [2.24, 2.45) is 0 Å². The first-order valence-electron chi connectivity index (χ1n) is 5.78. The van der Waals surface area contributed by atoms with Crippen LogP contribution in [0.4, 0.5) is 6.01 Å². The molecule has 1 aliphatic rings. The molecule has 2 unspecified atom stereocenters. The lowest BCUT2D eigenvalue weighted by Gasteiger charge is -2.16. The molecule has 5 N–H and O–H groups in total. The average Bonchev–Trinajstić information content (AvgIpc) is 2.93. The zero-order valence-corrected chi connectivity index (χ0v) is 10.1. The standard InChI is InChI=1S/C10H12N4O6/c11-10-13-7-4(9(18)20-10)12-2-14(7)8-6(17)5(16)3(1-15)19-8/h2-3,5-6,8,15-17H,1H2,(H2,11,13)/t3-,5?,6?,8-/m1/s1. The molecule has 10 heteroatoms. The molecule has 1 aliphatic heterocycles. The maximum absolute atomic E-state index is 11.5. The predicted octanol–water partition coefficient (Wildman–Crippen LogP) is -2.42. The number of ether oxygens (including phenoxy) is 1. The minimum atomic E-state index is -1.31. The molecule has 0 spiro atoms. The molecule has 1 fully saturated rings. The van der Waals surface area contributed by atoms with Crippen molar-refractivity contribution in [3.05, 3.63) is 16.7 Å². The van der Waals surface area contributed by atoms with Crippen molar-refractivity contribution >= 4 is 17.2 Å². The van der Waals surface area contributed by atoms with E-state index in [1.54, 1.807) is 0 Å². The summed E-state index contributed by atoms with van der Waals surface area (Å²) in [5.74, 6) is 0. The molecule has 108 valence electrons. The van der Waals surface area contributed by atoms with E-state index in [1.165, 1.54) is 10.9 Å². The number of imidazole rings is 1. The maximum Gasteiger partial charge on any atom is 0.368 e. The second-order valence-corrected chi connectivity index (χ2v) is 4.39. The summed E-state index contributed by atoms with van der Waals surface area (Å²) in [6, 6.07) is -0.351. The summed E-state index contributed by atoms with van der Waals surface area (Å²) in [7, 11) is 0. The summed E-state index contributed by atoms with van der Waals surface area (Å²) in [4.78, 5) is 19.2. The van der Waals surface area contributed by atoms with Crippen LogP contribution in [0.5, 0.6) is 0 Å². The number of hydrogen-bond acceptors (Lipinski definition) is 9. The molecular weight excluding hydrogens is 272 g/mol. The highest BCUT2D eigenvalue weighted by molar-refractivity contribution is 5.69. The van der Waals surface area contributed by atoms with Gasteiger partial charge in [0.2, 0.25) is 0 Å². The summed E-state index contributed by atoms with van der Waals surface area (Å²) in [5.41, 5.74) is 4.58. The highest BCUT2D eigenvalue weighted by atomic mass is 16.6. The van der Waals surface area contributed by atoms with Crippen molar-refractivity contribution in [2.45, 2.75) is 24.5 Å². The number of fused-ring (bicyclic) bond motifs is 1. The van der Waals surface area contributed by atoms with E-state index in [1.807, 2.05) is 0 Å². The van der Waals surface area contributed by atoms with Gasteiger partial charge in [0.25, 0.3) is 6.01 Å². The highest BCUT2D eigenvalue weighted by Gasteiger charge is 2.44. The van der Waals surface area contributed by atoms with Crippen LogP contribution in [0.2, 0.25) is 0 Å². The van der Waals surface area contributed by atoms with Gasteiger partial charge in [0.15, 0.2) is 17.4 Å². The van der Waals surface area contributed by atoms with Crippen LogP contribution in [0.3, 0.4) is 0 Å². The lowest BCUT2D eigenvalue weighted by atomic mass is 10.1. The van der Waals surface area contributed by atoms with Crippen LogP contribution in [0.25, 0.3) is 11.2 Å². The Balaban J connectivity index is 2.09. The number of hydrogen-bond donors (Lipinski definition) is 4. The molecule has 3 heterocycles. The highest BCUT2D eigenvalue weighted by Crippen LogP contribution is 2.30. The second kappa shape index (κ2) is 4.52. The summed E-state index contributed by atoms with van der Waals surface area (Å²) in [6.45, 7) is -0.459. The molecule has 4 atom stereocenters. The zero-order chi connectivity index (χ0) is 14.4. The third-order valence-electron chi connectivity index (χ3n) is 3.17. The van der Waals surface area contributed by atoms with E-state index < -0.39 is 36.8 Å². The molecule has 10 nitrogen and oxygen atoms in total. The molecule has 2 aromatic rings. The molecular formula is C10H12N4O6. The number of nitrogens with zero attached hydrogens (tertiary/aromatic N) is 3. The Kier molecular flexibility index (Phi) is 2.94. The van der Waals surface area contributed by atoms with Crippen LogP contribution < -0.4 is 11.4 Å². The zero-order valence-electron chi connectivity index (χ0n) is 10.1. The Labute approximate surface area is 111 Å². The number of nitrogens with two attached hydrogens (primary N) is 1. The molecule has 0 aromatic carbocycles. The van der Waals surface area contributed by atoms with Crippen LogP contribution >= 0.6 is 0 Å². The van der Waals surface area contributed by atoms with Gasteiger partial charge in [-0.15, -0.1) is 0 Å². The number of aromatic nitrogens is 3. The Hall–Kier alpha value is -2.01. The molecule has 0 amide bonds. The lowest BCUT2D eigenvalue weighted by Crippen LogP contribution is -2.33. The fourth-order valence-electron chi connectivity index (χ4n) is 2.18. The van der Waals surface area contributed by atoms with Gasteiger partial charge in [-0.1, -0.05) is 0 Å². The smallest absolute Gasteiger partial charge is 0.368 e. The minimum absolute atomic E-state index is 0.0635. The van der Waals surface area contributed by atoms with E-state index in [0.29, 0.717) is 0 Å². The molecule has 0 aliphatic carbocycles. The first-order valence-corrected chi connectivity index (χ1v) is 5.78. The molecule has 0 bridgehead atoms. The number of aliphatic hydroxyl groups is 3. The normalized spacial score (nSPS) is 30.1. The van der Waals surface area contributed by atoms with Gasteiger partial charge in [0.1, 0.15) is 18.3 Å². The lowest BCUT2D eigenvalue weighted by molar-refractivity contribution is -0.0511. The third-order valence-corrected chi connectivity index (χ3v) is 3.17. The topological polar surface area (TPSA) is 157 Å². The number of nitrogen functional groups attached to an aromatic ring is 1. The second-order valence-electron chi connectivity index (χ2n) is 4.39. The fraction of sp³-hybridized carbons (Fsp3) is 0.500. The van der Waals surface area contributed by atoms with E-state index in [9.17, 15) is 15.0 Å². The summed E-state index contributed by atoms with van der Waals surface area (Å²) in [5, 5.41) is 28.7. The minimum Gasteiger partial charge on any atom is -0.394 e. The Bertz CT molecular complexity index is 697. The van der Waals surface area contributed by atoms with Crippen LogP contribution in [0, 0.1) is 0 Å². The van der Waals surface area contributed by atoms with E-state index in [2.05, 4.69) is 14.4 Å². The van der Waals surface area contributed by atoms with Crippen molar-refractivity contribution in [3.63, 3.8) is 0 Å². The quantitative estimate of drug-likeness (QED) is 0.471. The summed E-state index contributed by atoms with van der Waals surface area (Å²) in [6.07, 6.45) is -3.33. The van der Waals surface area contributed by atoms with Crippen molar-refractivity contribution in [2.75, 3.05) is 12.3 Å². The van der Waals surface area contributed by atoms with E-state index in [4.69, 9.17) is 15.6 Å². The molecule has 20 heavy (non-hydrogen) atoms. The summed E-state index contributed by atoms with van der Waals surface area (Å²) >= 11 is 0. The van der Waals surface area contributed by atoms with Crippen molar-refractivity contribution < 1.29 is 24.5 Å². The first kappa shape index (κ1) is 13.0. The first-order chi connectivity index (χ1) is 9.52. The van der Waals surface area contributed by atoms with Crippen LogP contribution in [-0.2, 0) is 4.74 Å². The predicted molar refractivity (Wildman–Crippen MR) is 63.5 cm³/mol. The number of anilines is 1. The van der Waals surface area contributed by atoms with Crippen molar-refractivity contribution in [1.29, 1.82) is 0 Å². The van der Waals surface area contributed by atoms with Gasteiger partial charge in [-0.05, 0) is 0 Å². The molecule has 3 rings (SSSR count). The average molecular weight is 284 g/mol. The maximum atomic E-state index is 11.5. The van der Waals surface area contributed by atoms with Gasteiger partial charge in [-0.25, -0.2) is 9.78 Å². The van der Waals surface area contributed by atoms with Gasteiger partial charge in [0.05, 0.1) is 12.9 Å². The largest absolute Gasteiger partial charge is 0.394 e.